The number of benzene rings is 2. The molecule has 2 aromatic carbocycles. The molecule has 0 atom stereocenters. The van der Waals surface area contributed by atoms with E-state index in [0.29, 0.717) is 36.0 Å². The first kappa shape index (κ1) is 20.2. The van der Waals surface area contributed by atoms with E-state index in [-0.39, 0.29) is 5.82 Å². The molecule has 0 spiro atoms. The minimum atomic E-state index is -0.264. The van der Waals surface area contributed by atoms with Gasteiger partial charge >= 0.3 is 0 Å². The van der Waals surface area contributed by atoms with Gasteiger partial charge < -0.3 is 19.3 Å². The summed E-state index contributed by atoms with van der Waals surface area (Å²) in [5.41, 5.74) is 2.43. The Morgan fingerprint density at radius 2 is 2.03 bits per heavy atom. The van der Waals surface area contributed by atoms with Gasteiger partial charge in [-0.3, -0.25) is 0 Å². The number of fused-ring (bicyclic) bond motifs is 1. The number of methoxy groups -OCH3 is 1. The molecule has 0 saturated carbocycles. The third kappa shape index (κ3) is 4.56. The number of nitrogens with one attached hydrogen (secondary N) is 1. The molecule has 1 aliphatic rings. The number of aryl methyl sites for hydroxylation is 1. The number of halogens is 2. The van der Waals surface area contributed by atoms with Crippen LogP contribution in [-0.4, -0.2) is 32.0 Å². The van der Waals surface area contributed by atoms with Crippen molar-refractivity contribution in [2.75, 3.05) is 26.8 Å². The minimum Gasteiger partial charge on any atom is -0.493 e. The summed E-state index contributed by atoms with van der Waals surface area (Å²) in [5.74, 6) is 1.46. The van der Waals surface area contributed by atoms with Crippen LogP contribution in [0.2, 0.25) is 0 Å². The number of hydrogen-bond donors (Lipinski definition) is 1. The van der Waals surface area contributed by atoms with Crippen LogP contribution in [0.25, 0.3) is 11.0 Å². The maximum absolute atomic E-state index is 14.1. The van der Waals surface area contributed by atoms with Crippen LogP contribution in [0.4, 0.5) is 4.39 Å². The van der Waals surface area contributed by atoms with Crippen molar-refractivity contribution in [3.05, 3.63) is 51.9 Å². The van der Waals surface area contributed by atoms with Gasteiger partial charge in [0.15, 0.2) is 17.1 Å². The molecule has 1 aromatic heterocycles. The Balaban J connectivity index is 1.47. The van der Waals surface area contributed by atoms with Crippen molar-refractivity contribution in [1.29, 1.82) is 0 Å². The van der Waals surface area contributed by atoms with Gasteiger partial charge in [-0.1, -0.05) is 21.1 Å². The van der Waals surface area contributed by atoms with Crippen LogP contribution in [0.1, 0.15) is 36.4 Å². The summed E-state index contributed by atoms with van der Waals surface area (Å²) >= 11 is 3.43. The zero-order valence-corrected chi connectivity index (χ0v) is 17.9. The van der Waals surface area contributed by atoms with Gasteiger partial charge in [0.2, 0.25) is 0 Å². The van der Waals surface area contributed by atoms with Gasteiger partial charge in [0.1, 0.15) is 5.82 Å². The average Bonchev–Trinajstić information content (AvgIpc) is 3.14. The molecule has 7 heteroatoms. The van der Waals surface area contributed by atoms with E-state index in [0.717, 1.165) is 53.5 Å². The molecule has 0 aliphatic carbocycles. The van der Waals surface area contributed by atoms with Crippen molar-refractivity contribution in [3.8, 4) is 11.5 Å². The highest BCUT2D eigenvalue weighted by atomic mass is 79.9. The molecule has 0 amide bonds. The summed E-state index contributed by atoms with van der Waals surface area (Å²) in [7, 11) is 1.62. The smallest absolute Gasteiger partial charge is 0.170 e. The van der Waals surface area contributed by atoms with Crippen molar-refractivity contribution in [2.24, 2.45) is 0 Å². The number of piperidine rings is 1. The van der Waals surface area contributed by atoms with E-state index in [1.54, 1.807) is 13.2 Å². The lowest BCUT2D eigenvalue weighted by Crippen LogP contribution is -2.26. The van der Waals surface area contributed by atoms with Crippen molar-refractivity contribution in [1.82, 2.24) is 10.5 Å². The highest BCUT2D eigenvalue weighted by Gasteiger charge is 2.22. The Bertz CT molecular complexity index is 986. The van der Waals surface area contributed by atoms with Gasteiger partial charge in [-0.25, -0.2) is 4.39 Å². The van der Waals surface area contributed by atoms with Crippen LogP contribution in [0.3, 0.4) is 0 Å². The summed E-state index contributed by atoms with van der Waals surface area (Å²) < 4.78 is 31.8. The molecule has 0 unspecified atom stereocenters. The molecular weight excluding hydrogens is 439 g/mol. The summed E-state index contributed by atoms with van der Waals surface area (Å²) in [4.78, 5) is 0. The monoisotopic (exact) mass is 462 g/mol. The first-order valence-corrected chi connectivity index (χ1v) is 10.7. The molecule has 0 bridgehead atoms. The van der Waals surface area contributed by atoms with Crippen LogP contribution >= 0.6 is 15.9 Å². The lowest BCUT2D eigenvalue weighted by Gasteiger charge is -2.23. The Labute approximate surface area is 177 Å². The van der Waals surface area contributed by atoms with Crippen LogP contribution in [0.5, 0.6) is 11.5 Å². The normalized spacial score (nSPS) is 15.0. The standard InChI is InChI=1S/C22H24BrFN2O3/c1-27-20-11-15(23)4-5-19(20)28-10-2-3-18-22-17(14-6-8-25-9-7-14)12-16(24)13-21(22)29-26-18/h4-5,11-14,25H,2-3,6-10H2,1H3. The average molecular weight is 463 g/mol. The fourth-order valence-corrected chi connectivity index (χ4v) is 4.28. The van der Waals surface area contributed by atoms with E-state index in [4.69, 9.17) is 14.0 Å². The third-order valence-electron chi connectivity index (χ3n) is 5.36. The summed E-state index contributed by atoms with van der Waals surface area (Å²) in [5, 5.41) is 8.57. The summed E-state index contributed by atoms with van der Waals surface area (Å²) in [6.45, 7) is 2.43. The number of rotatable bonds is 7. The van der Waals surface area contributed by atoms with Gasteiger partial charge in [-0.05, 0) is 74.5 Å². The molecule has 1 aliphatic heterocycles. The zero-order valence-electron chi connectivity index (χ0n) is 16.3. The SMILES string of the molecule is COc1cc(Br)ccc1OCCCc1noc2cc(F)cc(C3CCNCC3)c12. The van der Waals surface area contributed by atoms with Gasteiger partial charge in [0.05, 0.1) is 19.4 Å². The van der Waals surface area contributed by atoms with Crippen molar-refractivity contribution in [2.45, 2.75) is 31.6 Å². The van der Waals surface area contributed by atoms with Crippen molar-refractivity contribution < 1.29 is 18.4 Å². The Morgan fingerprint density at radius 3 is 2.83 bits per heavy atom. The van der Waals surface area contributed by atoms with Crippen LogP contribution < -0.4 is 14.8 Å². The number of aromatic nitrogens is 1. The summed E-state index contributed by atoms with van der Waals surface area (Å²) in [6.07, 6.45) is 3.46. The zero-order chi connectivity index (χ0) is 20.2. The molecule has 2 heterocycles. The second kappa shape index (κ2) is 9.13. The first-order chi connectivity index (χ1) is 14.2. The predicted octanol–water partition coefficient (Wildman–Crippen LogP) is 5.22. The maximum atomic E-state index is 14.1. The van der Waals surface area contributed by atoms with Gasteiger partial charge in [-0.15, -0.1) is 0 Å². The fraction of sp³-hybridized carbons (Fsp3) is 0.409. The third-order valence-corrected chi connectivity index (χ3v) is 5.85. The molecular formula is C22H24BrFN2O3. The minimum absolute atomic E-state index is 0.264. The lowest BCUT2D eigenvalue weighted by molar-refractivity contribution is 0.288. The van der Waals surface area contributed by atoms with E-state index < -0.39 is 0 Å². The van der Waals surface area contributed by atoms with E-state index in [9.17, 15) is 4.39 Å². The molecule has 0 radical (unpaired) electrons. The summed E-state index contributed by atoms with van der Waals surface area (Å²) in [6, 6.07) is 8.76. The quantitative estimate of drug-likeness (QED) is 0.488. The maximum Gasteiger partial charge on any atom is 0.170 e. The molecule has 3 aromatic rings. The highest BCUT2D eigenvalue weighted by Crippen LogP contribution is 2.35. The molecule has 154 valence electrons. The van der Waals surface area contributed by atoms with Gasteiger partial charge in [0.25, 0.3) is 0 Å². The molecule has 29 heavy (non-hydrogen) atoms. The molecule has 1 fully saturated rings. The fourth-order valence-electron chi connectivity index (χ4n) is 3.94. The number of nitrogens with zero attached hydrogens (tertiary/aromatic N) is 1. The Hall–Kier alpha value is -2.12. The molecule has 5 nitrogen and oxygen atoms in total. The van der Waals surface area contributed by atoms with Crippen molar-refractivity contribution in [3.63, 3.8) is 0 Å². The topological polar surface area (TPSA) is 56.5 Å². The van der Waals surface area contributed by atoms with Gasteiger partial charge in [-0.2, -0.15) is 0 Å². The highest BCUT2D eigenvalue weighted by molar-refractivity contribution is 9.10. The van der Waals surface area contributed by atoms with Crippen molar-refractivity contribution >= 4 is 26.9 Å². The van der Waals surface area contributed by atoms with Crippen LogP contribution in [0, 0.1) is 5.82 Å². The predicted molar refractivity (Wildman–Crippen MR) is 113 cm³/mol. The molecule has 1 N–H and O–H groups in total. The molecule has 1 saturated heterocycles. The van der Waals surface area contributed by atoms with E-state index >= 15 is 0 Å². The number of hydrogen-bond acceptors (Lipinski definition) is 5. The van der Waals surface area contributed by atoms with Crippen LogP contribution in [-0.2, 0) is 6.42 Å². The van der Waals surface area contributed by atoms with E-state index in [1.807, 2.05) is 18.2 Å². The Morgan fingerprint density at radius 1 is 1.21 bits per heavy atom. The first-order valence-electron chi connectivity index (χ1n) is 9.90. The lowest BCUT2D eigenvalue weighted by atomic mass is 9.87. The van der Waals surface area contributed by atoms with E-state index in [2.05, 4.69) is 26.4 Å². The molecule has 4 rings (SSSR count). The van der Waals surface area contributed by atoms with Gasteiger partial charge in [0, 0.05) is 15.9 Å². The van der Waals surface area contributed by atoms with E-state index in [1.165, 1.54) is 6.07 Å². The second-order valence-electron chi connectivity index (χ2n) is 7.27. The second-order valence-corrected chi connectivity index (χ2v) is 8.18. The van der Waals surface area contributed by atoms with Crippen LogP contribution in [0.15, 0.2) is 39.3 Å². The Kier molecular flexibility index (Phi) is 6.35. The largest absolute Gasteiger partial charge is 0.493 e. The number of ether oxygens (including phenoxy) is 2.